The minimum absolute atomic E-state index is 0.00851. The Morgan fingerprint density at radius 3 is 2.46 bits per heavy atom. The molecule has 7 nitrogen and oxygen atoms in total. The fourth-order valence-electron chi connectivity index (χ4n) is 4.29. The predicted molar refractivity (Wildman–Crippen MR) is 101 cm³/mol. The smallest absolute Gasteiger partial charge is 0.319 e. The van der Waals surface area contributed by atoms with Gasteiger partial charge < -0.3 is 20.4 Å². The van der Waals surface area contributed by atoms with Gasteiger partial charge in [0, 0.05) is 44.3 Å². The highest BCUT2D eigenvalue weighted by molar-refractivity contribution is 6.01. The molecule has 2 saturated heterocycles. The van der Waals surface area contributed by atoms with Crippen LogP contribution in [0, 0.1) is 5.82 Å². The first-order valence-electron chi connectivity index (χ1n) is 9.95. The number of nitrogens with one attached hydrogen (secondary N) is 2. The standard InChI is InChI=1S/C20H25FN4O3/c21-13-3-4-17-15(11-13)16(12-18(26)23-17)19(27)22-14-5-9-25(10-6-14)20(28)24-7-1-2-8-24/h3-4,11,14,16H,1-2,5-10,12H2,(H,22,27)(H,23,26)/t16-/m0/s1. The summed E-state index contributed by atoms with van der Waals surface area (Å²) in [6.07, 6.45) is 3.50. The van der Waals surface area contributed by atoms with Crippen molar-refractivity contribution in [3.63, 3.8) is 0 Å². The summed E-state index contributed by atoms with van der Waals surface area (Å²) in [5.41, 5.74) is 1.00. The molecule has 8 heteroatoms. The van der Waals surface area contributed by atoms with Crippen molar-refractivity contribution in [3.8, 4) is 0 Å². The maximum Gasteiger partial charge on any atom is 0.319 e. The number of anilines is 1. The van der Waals surface area contributed by atoms with Crippen LogP contribution in [-0.4, -0.2) is 59.9 Å². The van der Waals surface area contributed by atoms with E-state index in [1.165, 1.54) is 18.2 Å². The molecule has 150 valence electrons. The highest BCUT2D eigenvalue weighted by Crippen LogP contribution is 2.33. The molecular formula is C20H25FN4O3. The normalized spacial score (nSPS) is 22.6. The Labute approximate surface area is 163 Å². The number of carbonyl (C=O) groups is 3. The number of likely N-dealkylation sites (tertiary alicyclic amines) is 2. The van der Waals surface area contributed by atoms with Gasteiger partial charge in [-0.25, -0.2) is 9.18 Å². The first-order chi connectivity index (χ1) is 13.5. The van der Waals surface area contributed by atoms with Crippen LogP contribution in [0.5, 0.6) is 0 Å². The van der Waals surface area contributed by atoms with Gasteiger partial charge >= 0.3 is 6.03 Å². The van der Waals surface area contributed by atoms with Crippen molar-refractivity contribution in [2.45, 2.75) is 44.1 Å². The number of benzene rings is 1. The monoisotopic (exact) mass is 388 g/mol. The quantitative estimate of drug-likeness (QED) is 0.814. The Morgan fingerprint density at radius 2 is 1.75 bits per heavy atom. The van der Waals surface area contributed by atoms with E-state index in [2.05, 4.69) is 10.6 Å². The third-order valence-corrected chi connectivity index (χ3v) is 5.86. The highest BCUT2D eigenvalue weighted by Gasteiger charge is 2.33. The van der Waals surface area contributed by atoms with Crippen LogP contribution in [0.15, 0.2) is 18.2 Å². The van der Waals surface area contributed by atoms with Crippen LogP contribution in [0.3, 0.4) is 0 Å². The van der Waals surface area contributed by atoms with E-state index in [9.17, 15) is 18.8 Å². The van der Waals surface area contributed by atoms with Crippen molar-refractivity contribution in [2.75, 3.05) is 31.5 Å². The molecule has 4 amide bonds. The summed E-state index contributed by atoms with van der Waals surface area (Å²) in [5, 5.41) is 5.69. The number of fused-ring (bicyclic) bond motifs is 1. The number of carbonyl (C=O) groups excluding carboxylic acids is 3. The molecule has 4 rings (SSSR count). The van der Waals surface area contributed by atoms with Crippen molar-refractivity contribution in [1.82, 2.24) is 15.1 Å². The maximum absolute atomic E-state index is 13.6. The molecule has 0 unspecified atom stereocenters. The van der Waals surface area contributed by atoms with Crippen LogP contribution in [-0.2, 0) is 9.59 Å². The van der Waals surface area contributed by atoms with Crippen molar-refractivity contribution in [2.24, 2.45) is 0 Å². The van der Waals surface area contributed by atoms with Gasteiger partial charge in [0.05, 0.1) is 5.92 Å². The molecular weight excluding hydrogens is 363 g/mol. The molecule has 0 spiro atoms. The number of rotatable bonds is 2. The van der Waals surface area contributed by atoms with Crippen LogP contribution in [0.4, 0.5) is 14.9 Å². The van der Waals surface area contributed by atoms with Crippen LogP contribution in [0.2, 0.25) is 0 Å². The average molecular weight is 388 g/mol. The SMILES string of the molecule is O=C1C[C@H](C(=O)NC2CCN(C(=O)N3CCCC3)CC2)c2cc(F)ccc2N1. The summed E-state index contributed by atoms with van der Waals surface area (Å²) in [4.78, 5) is 41.0. The van der Waals surface area contributed by atoms with Crippen molar-refractivity contribution >= 4 is 23.5 Å². The van der Waals surface area contributed by atoms with Gasteiger partial charge in [0.25, 0.3) is 0 Å². The Balaban J connectivity index is 1.35. The van der Waals surface area contributed by atoms with Crippen LogP contribution < -0.4 is 10.6 Å². The molecule has 28 heavy (non-hydrogen) atoms. The Bertz CT molecular complexity index is 786. The summed E-state index contributed by atoms with van der Waals surface area (Å²) >= 11 is 0. The van der Waals surface area contributed by atoms with Gasteiger partial charge in [0.1, 0.15) is 5.82 Å². The van der Waals surface area contributed by atoms with Gasteiger partial charge in [-0.15, -0.1) is 0 Å². The molecule has 0 aromatic heterocycles. The topological polar surface area (TPSA) is 81.8 Å². The molecule has 0 bridgehead atoms. The van der Waals surface area contributed by atoms with Gasteiger partial charge in [-0.05, 0) is 49.4 Å². The second kappa shape index (κ2) is 7.77. The molecule has 3 aliphatic rings. The van der Waals surface area contributed by atoms with Gasteiger partial charge in [0.15, 0.2) is 0 Å². The fourth-order valence-corrected chi connectivity index (χ4v) is 4.29. The fraction of sp³-hybridized carbons (Fsp3) is 0.550. The Hall–Kier alpha value is -2.64. The zero-order valence-corrected chi connectivity index (χ0v) is 15.7. The molecule has 1 aromatic rings. The number of amides is 4. The second-order valence-electron chi connectivity index (χ2n) is 7.78. The lowest BCUT2D eigenvalue weighted by Crippen LogP contribution is -2.50. The summed E-state index contributed by atoms with van der Waals surface area (Å²) in [7, 11) is 0. The molecule has 2 N–H and O–H groups in total. The van der Waals surface area contributed by atoms with Crippen LogP contribution in [0.1, 0.15) is 43.6 Å². The summed E-state index contributed by atoms with van der Waals surface area (Å²) < 4.78 is 13.6. The van der Waals surface area contributed by atoms with E-state index in [1.807, 2.05) is 9.80 Å². The van der Waals surface area contributed by atoms with E-state index in [0.29, 0.717) is 37.2 Å². The Kier molecular flexibility index (Phi) is 5.19. The Morgan fingerprint density at radius 1 is 1.07 bits per heavy atom. The van der Waals surface area contributed by atoms with E-state index >= 15 is 0 Å². The van der Waals surface area contributed by atoms with E-state index in [-0.39, 0.29) is 30.3 Å². The summed E-state index contributed by atoms with van der Waals surface area (Å²) in [6.45, 7) is 2.87. The lowest BCUT2D eigenvalue weighted by atomic mass is 9.89. The molecule has 0 saturated carbocycles. The zero-order chi connectivity index (χ0) is 19.7. The van der Waals surface area contributed by atoms with Crippen molar-refractivity contribution in [1.29, 1.82) is 0 Å². The first-order valence-corrected chi connectivity index (χ1v) is 9.95. The van der Waals surface area contributed by atoms with Crippen molar-refractivity contribution < 1.29 is 18.8 Å². The van der Waals surface area contributed by atoms with E-state index < -0.39 is 11.7 Å². The molecule has 1 atom stereocenters. The largest absolute Gasteiger partial charge is 0.353 e. The molecule has 2 fully saturated rings. The molecule has 3 heterocycles. The molecule has 3 aliphatic heterocycles. The van der Waals surface area contributed by atoms with Crippen LogP contribution >= 0.6 is 0 Å². The average Bonchev–Trinajstić information content (AvgIpc) is 3.22. The summed E-state index contributed by atoms with van der Waals surface area (Å²) in [6, 6.07) is 4.13. The predicted octanol–water partition coefficient (Wildman–Crippen LogP) is 2.05. The van der Waals surface area contributed by atoms with Gasteiger partial charge in [-0.1, -0.05) is 0 Å². The number of piperidine rings is 1. The van der Waals surface area contributed by atoms with Crippen LogP contribution in [0.25, 0.3) is 0 Å². The lowest BCUT2D eigenvalue weighted by Gasteiger charge is -2.35. The van der Waals surface area contributed by atoms with E-state index in [4.69, 9.17) is 0 Å². The number of hydrogen-bond donors (Lipinski definition) is 2. The number of hydrogen-bond acceptors (Lipinski definition) is 3. The third-order valence-electron chi connectivity index (χ3n) is 5.86. The zero-order valence-electron chi connectivity index (χ0n) is 15.7. The highest BCUT2D eigenvalue weighted by atomic mass is 19.1. The van der Waals surface area contributed by atoms with Gasteiger partial charge in [-0.2, -0.15) is 0 Å². The van der Waals surface area contributed by atoms with Crippen molar-refractivity contribution in [3.05, 3.63) is 29.6 Å². The molecule has 1 aromatic carbocycles. The van der Waals surface area contributed by atoms with Gasteiger partial charge in [-0.3, -0.25) is 9.59 Å². The summed E-state index contributed by atoms with van der Waals surface area (Å²) in [5.74, 6) is -1.62. The molecule has 0 aliphatic carbocycles. The lowest BCUT2D eigenvalue weighted by molar-refractivity contribution is -0.127. The van der Waals surface area contributed by atoms with Gasteiger partial charge in [0.2, 0.25) is 11.8 Å². The number of nitrogens with zero attached hydrogens (tertiary/aromatic N) is 2. The first kappa shape index (κ1) is 18.7. The minimum Gasteiger partial charge on any atom is -0.353 e. The number of urea groups is 1. The number of halogens is 1. The maximum atomic E-state index is 13.6. The molecule has 0 radical (unpaired) electrons. The van der Waals surface area contributed by atoms with E-state index in [1.54, 1.807) is 0 Å². The second-order valence-corrected chi connectivity index (χ2v) is 7.78. The third kappa shape index (κ3) is 3.81. The van der Waals surface area contributed by atoms with E-state index in [0.717, 1.165) is 25.9 Å². The minimum atomic E-state index is -0.691.